The number of aromatic nitrogens is 1. The van der Waals surface area contributed by atoms with E-state index in [0.29, 0.717) is 0 Å². The van der Waals surface area contributed by atoms with Crippen LogP contribution in [0.2, 0.25) is 0 Å². The Morgan fingerprint density at radius 1 is 0.812 bits per heavy atom. The fourth-order valence-corrected chi connectivity index (χ4v) is 1.60. The highest BCUT2D eigenvalue weighted by molar-refractivity contribution is 5.64. The Morgan fingerprint density at radius 2 is 1.56 bits per heavy atom. The number of benzene rings is 1. The summed E-state index contributed by atoms with van der Waals surface area (Å²) in [6.45, 7) is 0. The van der Waals surface area contributed by atoms with Crippen LogP contribution in [0.4, 0.5) is 0 Å². The van der Waals surface area contributed by atoms with Crippen LogP contribution >= 0.6 is 0 Å². The maximum atomic E-state index is 5.31. The number of nitrogens with zero attached hydrogens (tertiary/aromatic N) is 1. The fraction of sp³-hybridized carbons (Fsp3) is 0. The number of rotatable bonds is 2. The molecular formula is C13H9NO2. The molecule has 0 fully saturated rings. The van der Waals surface area contributed by atoms with Crippen molar-refractivity contribution in [2.24, 2.45) is 0 Å². The standard InChI is InChI=1S/C13H9NO2/c1-2-12(15-7-1)10-3-5-11(6-4-10)13-8-14-9-16-13/h1-9H. The molecule has 0 atom stereocenters. The van der Waals surface area contributed by atoms with E-state index in [0.717, 1.165) is 22.6 Å². The monoisotopic (exact) mass is 211 g/mol. The van der Waals surface area contributed by atoms with Crippen LogP contribution in [0.3, 0.4) is 0 Å². The summed E-state index contributed by atoms with van der Waals surface area (Å²) in [4.78, 5) is 3.89. The molecular weight excluding hydrogens is 202 g/mol. The van der Waals surface area contributed by atoms with Crippen molar-refractivity contribution in [1.82, 2.24) is 4.98 Å². The first-order chi connectivity index (χ1) is 7.93. The van der Waals surface area contributed by atoms with E-state index >= 15 is 0 Å². The summed E-state index contributed by atoms with van der Waals surface area (Å²) in [6.07, 6.45) is 4.79. The van der Waals surface area contributed by atoms with Gasteiger partial charge in [0.25, 0.3) is 0 Å². The maximum Gasteiger partial charge on any atom is 0.181 e. The highest BCUT2D eigenvalue weighted by Gasteiger charge is 2.03. The van der Waals surface area contributed by atoms with Crippen LogP contribution in [0.15, 0.2) is 64.1 Å². The van der Waals surface area contributed by atoms with Gasteiger partial charge in [-0.3, -0.25) is 0 Å². The quantitative estimate of drug-likeness (QED) is 0.650. The SMILES string of the molecule is c1coc(-c2ccc(-c3cnco3)cc2)c1. The van der Waals surface area contributed by atoms with Gasteiger partial charge in [-0.15, -0.1) is 0 Å². The molecule has 0 aliphatic carbocycles. The van der Waals surface area contributed by atoms with Gasteiger partial charge in [0.05, 0.1) is 12.5 Å². The van der Waals surface area contributed by atoms with Crippen molar-refractivity contribution in [3.05, 3.63) is 55.3 Å². The van der Waals surface area contributed by atoms with Gasteiger partial charge >= 0.3 is 0 Å². The molecule has 0 aliphatic rings. The van der Waals surface area contributed by atoms with Crippen LogP contribution < -0.4 is 0 Å². The van der Waals surface area contributed by atoms with Crippen molar-refractivity contribution in [3.63, 3.8) is 0 Å². The third-order valence-corrected chi connectivity index (χ3v) is 2.41. The number of furan rings is 1. The zero-order chi connectivity index (χ0) is 10.8. The third-order valence-electron chi connectivity index (χ3n) is 2.41. The molecule has 0 bridgehead atoms. The second-order valence-electron chi connectivity index (χ2n) is 3.42. The number of hydrogen-bond acceptors (Lipinski definition) is 3. The molecule has 0 saturated heterocycles. The van der Waals surface area contributed by atoms with Crippen molar-refractivity contribution >= 4 is 0 Å². The average Bonchev–Trinajstić information content (AvgIpc) is 3.03. The fourth-order valence-electron chi connectivity index (χ4n) is 1.60. The lowest BCUT2D eigenvalue weighted by Gasteiger charge is -1.98. The Bertz CT molecular complexity index is 497. The van der Waals surface area contributed by atoms with Crippen molar-refractivity contribution in [2.75, 3.05) is 0 Å². The molecule has 0 spiro atoms. The summed E-state index contributed by atoms with van der Waals surface area (Å²) in [5, 5.41) is 0. The topological polar surface area (TPSA) is 39.2 Å². The van der Waals surface area contributed by atoms with Crippen molar-refractivity contribution < 1.29 is 8.83 Å². The molecule has 3 rings (SSSR count). The van der Waals surface area contributed by atoms with E-state index in [4.69, 9.17) is 8.83 Å². The molecule has 0 aliphatic heterocycles. The van der Waals surface area contributed by atoms with E-state index in [1.54, 1.807) is 12.5 Å². The molecule has 3 nitrogen and oxygen atoms in total. The zero-order valence-corrected chi connectivity index (χ0v) is 8.46. The van der Waals surface area contributed by atoms with Gasteiger partial charge < -0.3 is 8.83 Å². The molecule has 0 unspecified atom stereocenters. The van der Waals surface area contributed by atoms with Crippen LogP contribution in [0.25, 0.3) is 22.6 Å². The van der Waals surface area contributed by atoms with E-state index < -0.39 is 0 Å². The molecule has 0 saturated carbocycles. The summed E-state index contributed by atoms with van der Waals surface area (Å²) in [5.41, 5.74) is 2.06. The highest BCUT2D eigenvalue weighted by atomic mass is 16.3. The molecule has 0 amide bonds. The van der Waals surface area contributed by atoms with Gasteiger partial charge in [-0.05, 0) is 12.1 Å². The highest BCUT2D eigenvalue weighted by Crippen LogP contribution is 2.24. The first kappa shape index (κ1) is 8.97. The molecule has 2 aromatic heterocycles. The van der Waals surface area contributed by atoms with Gasteiger partial charge in [-0.2, -0.15) is 0 Å². The smallest absolute Gasteiger partial charge is 0.181 e. The van der Waals surface area contributed by atoms with Crippen molar-refractivity contribution in [1.29, 1.82) is 0 Å². The summed E-state index contributed by atoms with van der Waals surface area (Å²) in [6, 6.07) is 11.8. The predicted octanol–water partition coefficient (Wildman–Crippen LogP) is 3.60. The van der Waals surface area contributed by atoms with Crippen LogP contribution in [-0.2, 0) is 0 Å². The van der Waals surface area contributed by atoms with E-state index in [1.807, 2.05) is 36.4 Å². The van der Waals surface area contributed by atoms with Crippen LogP contribution in [-0.4, -0.2) is 4.98 Å². The lowest BCUT2D eigenvalue weighted by atomic mass is 10.1. The van der Waals surface area contributed by atoms with Gasteiger partial charge in [0.2, 0.25) is 0 Å². The molecule has 16 heavy (non-hydrogen) atoms. The first-order valence-electron chi connectivity index (χ1n) is 4.96. The number of hydrogen-bond donors (Lipinski definition) is 0. The number of oxazole rings is 1. The Balaban J connectivity index is 1.97. The Kier molecular flexibility index (Phi) is 2.07. The van der Waals surface area contributed by atoms with Gasteiger partial charge in [0, 0.05) is 11.1 Å². The van der Waals surface area contributed by atoms with Crippen LogP contribution in [0, 0.1) is 0 Å². The van der Waals surface area contributed by atoms with Gasteiger partial charge in [0.1, 0.15) is 5.76 Å². The van der Waals surface area contributed by atoms with E-state index in [-0.39, 0.29) is 0 Å². The second kappa shape index (κ2) is 3.70. The average molecular weight is 211 g/mol. The van der Waals surface area contributed by atoms with Crippen molar-refractivity contribution in [2.45, 2.75) is 0 Å². The minimum atomic E-state index is 0.769. The summed E-state index contributed by atoms with van der Waals surface area (Å²) >= 11 is 0. The van der Waals surface area contributed by atoms with Gasteiger partial charge in [0.15, 0.2) is 12.2 Å². The molecule has 3 aromatic rings. The lowest BCUT2D eigenvalue weighted by Crippen LogP contribution is -1.76. The van der Waals surface area contributed by atoms with E-state index in [1.165, 1.54) is 6.39 Å². The van der Waals surface area contributed by atoms with E-state index in [9.17, 15) is 0 Å². The maximum absolute atomic E-state index is 5.31. The molecule has 0 radical (unpaired) electrons. The molecule has 3 heteroatoms. The third kappa shape index (κ3) is 1.52. The Labute approximate surface area is 92.4 Å². The normalized spacial score (nSPS) is 10.5. The molecule has 1 aromatic carbocycles. The Morgan fingerprint density at radius 3 is 2.12 bits per heavy atom. The molecule has 78 valence electrons. The molecule has 0 N–H and O–H groups in total. The predicted molar refractivity (Wildman–Crippen MR) is 59.6 cm³/mol. The largest absolute Gasteiger partial charge is 0.464 e. The minimum absolute atomic E-state index is 0.769. The van der Waals surface area contributed by atoms with Crippen LogP contribution in [0.1, 0.15) is 0 Å². The van der Waals surface area contributed by atoms with Crippen LogP contribution in [0.5, 0.6) is 0 Å². The molecule has 2 heterocycles. The minimum Gasteiger partial charge on any atom is -0.464 e. The van der Waals surface area contributed by atoms with Crippen molar-refractivity contribution in [3.8, 4) is 22.6 Å². The summed E-state index contributed by atoms with van der Waals surface area (Å²) in [5.74, 6) is 1.63. The van der Waals surface area contributed by atoms with E-state index in [2.05, 4.69) is 4.98 Å². The first-order valence-corrected chi connectivity index (χ1v) is 4.96. The second-order valence-corrected chi connectivity index (χ2v) is 3.42. The van der Waals surface area contributed by atoms with Gasteiger partial charge in [-0.1, -0.05) is 24.3 Å². The summed E-state index contributed by atoms with van der Waals surface area (Å²) < 4.78 is 10.5. The Hall–Kier alpha value is -2.29. The lowest BCUT2D eigenvalue weighted by molar-refractivity contribution is 0.572. The zero-order valence-electron chi connectivity index (χ0n) is 8.46. The summed E-state index contributed by atoms with van der Waals surface area (Å²) in [7, 11) is 0. The van der Waals surface area contributed by atoms with Gasteiger partial charge in [-0.25, -0.2) is 4.98 Å².